The van der Waals surface area contributed by atoms with Crippen molar-refractivity contribution in [2.75, 3.05) is 6.61 Å². The molecule has 24 heavy (non-hydrogen) atoms. The Morgan fingerprint density at radius 1 is 1.21 bits per heavy atom. The zero-order valence-electron chi connectivity index (χ0n) is 15.3. The molecule has 130 valence electrons. The van der Waals surface area contributed by atoms with Gasteiger partial charge >= 0.3 is 5.97 Å². The fourth-order valence-corrected chi connectivity index (χ4v) is 2.79. The third-order valence-corrected chi connectivity index (χ3v) is 3.75. The Balaban J connectivity index is 2.64. The Labute approximate surface area is 143 Å². The van der Waals surface area contributed by atoms with Crippen LogP contribution in [-0.4, -0.2) is 23.3 Å². The normalized spacial score (nSPS) is 13.1. The van der Waals surface area contributed by atoms with Crippen molar-refractivity contribution in [3.8, 4) is 5.75 Å². The number of aryl methyl sites for hydroxylation is 2. The van der Waals surface area contributed by atoms with Crippen LogP contribution in [-0.2, 0) is 14.3 Å². The van der Waals surface area contributed by atoms with Crippen molar-refractivity contribution in [3.63, 3.8) is 0 Å². The average molecular weight is 330 g/mol. The Hall–Kier alpha value is -2.07. The fraction of sp³-hybridized carbons (Fsp3) is 0.450. The van der Waals surface area contributed by atoms with Crippen molar-refractivity contribution in [1.29, 1.82) is 0 Å². The molecule has 0 radical (unpaired) electrons. The van der Waals surface area contributed by atoms with Crippen LogP contribution in [0.1, 0.15) is 50.5 Å². The lowest BCUT2D eigenvalue weighted by atomic mass is 9.95. The third kappa shape index (κ3) is 3.88. The first kappa shape index (κ1) is 18.3. The minimum absolute atomic E-state index is 0.0762. The van der Waals surface area contributed by atoms with Crippen LogP contribution in [0.2, 0.25) is 0 Å². The number of hydrogen-bond donors (Lipinski definition) is 1. The molecule has 1 N–H and O–H groups in total. The van der Waals surface area contributed by atoms with Crippen LogP contribution in [0.3, 0.4) is 0 Å². The molecule has 0 aliphatic heterocycles. The molecule has 4 nitrogen and oxygen atoms in total. The van der Waals surface area contributed by atoms with Gasteiger partial charge in [0.05, 0.1) is 12.2 Å². The first-order chi connectivity index (χ1) is 11.1. The lowest BCUT2D eigenvalue weighted by Crippen LogP contribution is -2.29. The number of hydrogen-bond acceptors (Lipinski definition) is 4. The molecule has 0 unspecified atom stereocenters. The van der Waals surface area contributed by atoms with Gasteiger partial charge in [0.1, 0.15) is 5.75 Å². The second-order valence-electron chi connectivity index (χ2n) is 7.04. The summed E-state index contributed by atoms with van der Waals surface area (Å²) in [7, 11) is 0. The predicted octanol–water partition coefficient (Wildman–Crippen LogP) is 4.58. The van der Waals surface area contributed by atoms with Crippen LogP contribution in [0.5, 0.6) is 5.75 Å². The number of fused-ring (bicyclic) bond motifs is 1. The van der Waals surface area contributed by atoms with Crippen LogP contribution in [0.4, 0.5) is 0 Å². The molecular formula is C20H26O4. The molecule has 0 spiro atoms. The van der Waals surface area contributed by atoms with E-state index in [1.807, 2.05) is 58.9 Å². The van der Waals surface area contributed by atoms with Crippen LogP contribution >= 0.6 is 0 Å². The molecule has 4 heteroatoms. The van der Waals surface area contributed by atoms with E-state index in [4.69, 9.17) is 9.47 Å². The van der Waals surface area contributed by atoms with E-state index in [0.717, 1.165) is 16.5 Å². The highest BCUT2D eigenvalue weighted by atomic mass is 16.6. The van der Waals surface area contributed by atoms with Gasteiger partial charge in [0.25, 0.3) is 0 Å². The van der Waals surface area contributed by atoms with Gasteiger partial charge in [-0.15, -0.1) is 0 Å². The van der Waals surface area contributed by atoms with E-state index in [-0.39, 0.29) is 12.4 Å². The van der Waals surface area contributed by atoms with E-state index in [1.165, 1.54) is 0 Å². The highest BCUT2D eigenvalue weighted by Gasteiger charge is 2.32. The molecule has 2 aromatic rings. The van der Waals surface area contributed by atoms with Gasteiger partial charge in [-0.3, -0.25) is 0 Å². The Kier molecular flexibility index (Phi) is 5.19. The van der Waals surface area contributed by atoms with Crippen LogP contribution in [0.25, 0.3) is 10.8 Å². The molecule has 0 bridgehead atoms. The number of esters is 1. The molecule has 0 amide bonds. The minimum Gasteiger partial charge on any atom is -0.507 e. The molecule has 0 fully saturated rings. The van der Waals surface area contributed by atoms with Crippen LogP contribution in [0, 0.1) is 13.8 Å². The average Bonchev–Trinajstić information content (AvgIpc) is 2.44. The first-order valence-corrected chi connectivity index (χ1v) is 8.21. The van der Waals surface area contributed by atoms with Gasteiger partial charge < -0.3 is 14.6 Å². The molecule has 2 aromatic carbocycles. The number of aromatic hydroxyl groups is 1. The third-order valence-electron chi connectivity index (χ3n) is 3.75. The number of carbonyl (C=O) groups excluding carboxylic acids is 1. The van der Waals surface area contributed by atoms with Crippen molar-refractivity contribution in [3.05, 3.63) is 41.0 Å². The number of carbonyl (C=O) groups is 1. The standard InChI is InChI=1S/C20H26O4/c1-7-23-19(22)18(24-20(4,5)6)16-13(3)11-14-10-12(2)8-9-15(14)17(16)21/h8-11,18,21H,7H2,1-6H3/t18-/m0/s1. The van der Waals surface area contributed by atoms with E-state index in [2.05, 4.69) is 0 Å². The summed E-state index contributed by atoms with van der Waals surface area (Å²) in [6.07, 6.45) is -0.962. The SMILES string of the molecule is CCOC(=O)[C@@H](OC(C)(C)C)c1c(C)cc2cc(C)ccc2c1O. The molecule has 2 rings (SSSR count). The zero-order valence-corrected chi connectivity index (χ0v) is 15.3. The van der Waals surface area contributed by atoms with Crippen molar-refractivity contribution >= 4 is 16.7 Å². The topological polar surface area (TPSA) is 55.8 Å². The van der Waals surface area contributed by atoms with E-state index in [1.54, 1.807) is 6.92 Å². The summed E-state index contributed by atoms with van der Waals surface area (Å²) in [4.78, 5) is 12.5. The number of phenols is 1. The fourth-order valence-electron chi connectivity index (χ4n) is 2.79. The van der Waals surface area contributed by atoms with Gasteiger partial charge in [0, 0.05) is 10.9 Å². The quantitative estimate of drug-likeness (QED) is 0.834. The van der Waals surface area contributed by atoms with Crippen molar-refractivity contribution < 1.29 is 19.4 Å². The molecule has 0 aromatic heterocycles. The first-order valence-electron chi connectivity index (χ1n) is 8.21. The number of phenolic OH excluding ortho intramolecular Hbond substituents is 1. The smallest absolute Gasteiger partial charge is 0.340 e. The zero-order chi connectivity index (χ0) is 18.1. The maximum Gasteiger partial charge on any atom is 0.340 e. The highest BCUT2D eigenvalue weighted by Crippen LogP contribution is 2.39. The van der Waals surface area contributed by atoms with E-state index < -0.39 is 17.7 Å². The number of benzene rings is 2. The van der Waals surface area contributed by atoms with Gasteiger partial charge in [0.15, 0.2) is 6.10 Å². The van der Waals surface area contributed by atoms with Crippen LogP contribution in [0.15, 0.2) is 24.3 Å². The second-order valence-corrected chi connectivity index (χ2v) is 7.04. The summed E-state index contributed by atoms with van der Waals surface area (Å²) in [6.45, 7) is 11.5. The highest BCUT2D eigenvalue weighted by molar-refractivity contribution is 5.93. The summed E-state index contributed by atoms with van der Waals surface area (Å²) in [5.41, 5.74) is 1.83. The molecular weight excluding hydrogens is 304 g/mol. The molecule has 0 aliphatic carbocycles. The van der Waals surface area contributed by atoms with Crippen LogP contribution < -0.4 is 0 Å². The van der Waals surface area contributed by atoms with Gasteiger partial charge in [-0.25, -0.2) is 4.79 Å². The summed E-state index contributed by atoms with van der Waals surface area (Å²) >= 11 is 0. The lowest BCUT2D eigenvalue weighted by molar-refractivity contribution is -0.167. The largest absolute Gasteiger partial charge is 0.507 e. The molecule has 1 atom stereocenters. The van der Waals surface area contributed by atoms with Crippen molar-refractivity contribution in [2.24, 2.45) is 0 Å². The number of rotatable bonds is 4. The minimum atomic E-state index is -0.962. The van der Waals surface area contributed by atoms with E-state index >= 15 is 0 Å². The predicted molar refractivity (Wildman–Crippen MR) is 95.3 cm³/mol. The van der Waals surface area contributed by atoms with Gasteiger partial charge in [-0.1, -0.05) is 29.8 Å². The Bertz CT molecular complexity index is 756. The molecule has 0 heterocycles. The van der Waals surface area contributed by atoms with Crippen molar-refractivity contribution in [2.45, 2.75) is 53.2 Å². The Morgan fingerprint density at radius 3 is 2.46 bits per heavy atom. The van der Waals surface area contributed by atoms with Crippen molar-refractivity contribution in [1.82, 2.24) is 0 Å². The molecule has 0 saturated heterocycles. The molecule has 0 aliphatic rings. The summed E-state index contributed by atoms with van der Waals surface area (Å²) in [5.74, 6) is -0.412. The summed E-state index contributed by atoms with van der Waals surface area (Å²) < 4.78 is 11.1. The maximum absolute atomic E-state index is 12.5. The summed E-state index contributed by atoms with van der Waals surface area (Å²) in [5, 5.41) is 12.5. The molecule has 0 saturated carbocycles. The van der Waals surface area contributed by atoms with Gasteiger partial charge in [-0.05, 0) is 52.5 Å². The maximum atomic E-state index is 12.5. The van der Waals surface area contributed by atoms with E-state index in [9.17, 15) is 9.90 Å². The van der Waals surface area contributed by atoms with E-state index in [0.29, 0.717) is 10.9 Å². The summed E-state index contributed by atoms with van der Waals surface area (Å²) in [6, 6.07) is 7.78. The van der Waals surface area contributed by atoms with Gasteiger partial charge in [0.2, 0.25) is 0 Å². The number of ether oxygens (including phenoxy) is 2. The monoisotopic (exact) mass is 330 g/mol. The Morgan fingerprint density at radius 2 is 1.88 bits per heavy atom. The van der Waals surface area contributed by atoms with Gasteiger partial charge in [-0.2, -0.15) is 0 Å². The lowest BCUT2D eigenvalue weighted by Gasteiger charge is -2.28. The second kappa shape index (κ2) is 6.81.